The maximum atomic E-state index is 12.2. The van der Waals surface area contributed by atoms with Crippen LogP contribution in [-0.4, -0.2) is 21.0 Å². The van der Waals surface area contributed by atoms with Crippen molar-refractivity contribution in [2.24, 2.45) is 0 Å². The van der Waals surface area contributed by atoms with Crippen LogP contribution in [0.3, 0.4) is 0 Å². The van der Waals surface area contributed by atoms with E-state index in [9.17, 15) is 4.79 Å². The van der Waals surface area contributed by atoms with Crippen molar-refractivity contribution >= 4 is 5.91 Å². The molecule has 122 valence electrons. The predicted molar refractivity (Wildman–Crippen MR) is 88.0 cm³/mol. The number of hydrogen-bond donors (Lipinski definition) is 2. The van der Waals surface area contributed by atoms with E-state index in [0.717, 1.165) is 11.1 Å². The number of carbonyl (C=O) groups excluding carboxylic acids is 1. The van der Waals surface area contributed by atoms with Gasteiger partial charge in [-0.05, 0) is 42.8 Å². The Bertz CT molecular complexity index is 826. The molecule has 0 saturated heterocycles. The van der Waals surface area contributed by atoms with Crippen molar-refractivity contribution in [1.29, 1.82) is 0 Å². The van der Waals surface area contributed by atoms with Crippen molar-refractivity contribution in [3.05, 3.63) is 71.4 Å². The van der Waals surface area contributed by atoms with Gasteiger partial charge in [0.15, 0.2) is 0 Å². The molecular formula is C18H17N3O3. The molecule has 0 atom stereocenters. The van der Waals surface area contributed by atoms with Gasteiger partial charge in [-0.1, -0.05) is 6.07 Å². The number of rotatable bonds is 5. The molecule has 0 spiro atoms. The molecule has 2 heterocycles. The molecule has 6 nitrogen and oxygen atoms in total. The van der Waals surface area contributed by atoms with Gasteiger partial charge in [-0.3, -0.25) is 9.78 Å². The van der Waals surface area contributed by atoms with E-state index in [1.54, 1.807) is 43.6 Å². The Morgan fingerprint density at radius 2 is 2.04 bits per heavy atom. The summed E-state index contributed by atoms with van der Waals surface area (Å²) < 4.78 is 5.52. The first-order valence-corrected chi connectivity index (χ1v) is 7.52. The molecule has 0 aliphatic heterocycles. The first-order valence-electron chi connectivity index (χ1n) is 7.52. The fraction of sp³-hybridized carbons (Fsp3) is 0.167. The summed E-state index contributed by atoms with van der Waals surface area (Å²) in [4.78, 5) is 20.4. The highest BCUT2D eigenvalue weighted by atomic mass is 16.4. The number of aryl methyl sites for hydroxylation is 1. The second-order valence-electron chi connectivity index (χ2n) is 5.30. The molecule has 24 heavy (non-hydrogen) atoms. The summed E-state index contributed by atoms with van der Waals surface area (Å²) in [6, 6.07) is 10.7. The predicted octanol–water partition coefficient (Wildman–Crippen LogP) is 2.47. The second kappa shape index (κ2) is 7.06. The SMILES string of the molecule is Cc1oc(-c2ccc(C(=O)NCc3cccnc3)cc2)nc1CO. The van der Waals surface area contributed by atoms with Crippen LogP contribution in [0.4, 0.5) is 0 Å². The largest absolute Gasteiger partial charge is 0.441 e. The lowest BCUT2D eigenvalue weighted by Crippen LogP contribution is -2.22. The smallest absolute Gasteiger partial charge is 0.251 e. The molecule has 1 amide bonds. The number of carbonyl (C=O) groups is 1. The van der Waals surface area contributed by atoms with Gasteiger partial charge in [-0.2, -0.15) is 0 Å². The lowest BCUT2D eigenvalue weighted by Gasteiger charge is -2.05. The Morgan fingerprint density at radius 1 is 1.25 bits per heavy atom. The number of nitrogens with one attached hydrogen (secondary N) is 1. The molecule has 0 saturated carbocycles. The van der Waals surface area contributed by atoms with Crippen molar-refractivity contribution in [1.82, 2.24) is 15.3 Å². The maximum Gasteiger partial charge on any atom is 0.251 e. The second-order valence-corrected chi connectivity index (χ2v) is 5.30. The maximum absolute atomic E-state index is 12.2. The molecule has 3 rings (SSSR count). The minimum Gasteiger partial charge on any atom is -0.441 e. The van der Waals surface area contributed by atoms with Crippen LogP contribution in [0, 0.1) is 6.92 Å². The van der Waals surface area contributed by atoms with Crippen LogP contribution in [0.15, 0.2) is 53.2 Å². The van der Waals surface area contributed by atoms with E-state index in [1.165, 1.54) is 0 Å². The molecular weight excluding hydrogens is 306 g/mol. The zero-order chi connectivity index (χ0) is 16.9. The van der Waals surface area contributed by atoms with E-state index in [4.69, 9.17) is 9.52 Å². The number of nitrogens with zero attached hydrogens (tertiary/aromatic N) is 2. The van der Waals surface area contributed by atoms with Gasteiger partial charge in [0.25, 0.3) is 5.91 Å². The number of oxazole rings is 1. The molecule has 2 aromatic heterocycles. The monoisotopic (exact) mass is 323 g/mol. The van der Waals surface area contributed by atoms with Crippen LogP contribution < -0.4 is 5.32 Å². The highest BCUT2D eigenvalue weighted by Crippen LogP contribution is 2.22. The van der Waals surface area contributed by atoms with Gasteiger partial charge in [-0.25, -0.2) is 4.98 Å². The van der Waals surface area contributed by atoms with E-state index in [-0.39, 0.29) is 12.5 Å². The summed E-state index contributed by atoms with van der Waals surface area (Å²) in [7, 11) is 0. The number of amides is 1. The average molecular weight is 323 g/mol. The van der Waals surface area contributed by atoms with Gasteiger partial charge in [0.05, 0.1) is 6.61 Å². The first kappa shape index (κ1) is 15.9. The van der Waals surface area contributed by atoms with Gasteiger partial charge in [0.1, 0.15) is 11.5 Å². The minimum atomic E-state index is -0.163. The number of hydrogen-bond acceptors (Lipinski definition) is 5. The van der Waals surface area contributed by atoms with Crippen molar-refractivity contribution in [2.45, 2.75) is 20.1 Å². The topological polar surface area (TPSA) is 88.3 Å². The van der Waals surface area contributed by atoms with Crippen LogP contribution in [0.5, 0.6) is 0 Å². The third-order valence-corrected chi connectivity index (χ3v) is 3.61. The van der Waals surface area contributed by atoms with Gasteiger partial charge in [0.2, 0.25) is 5.89 Å². The lowest BCUT2D eigenvalue weighted by atomic mass is 10.1. The van der Waals surface area contributed by atoms with Gasteiger partial charge < -0.3 is 14.8 Å². The number of pyridine rings is 1. The van der Waals surface area contributed by atoms with E-state index in [0.29, 0.717) is 29.5 Å². The summed E-state index contributed by atoms with van der Waals surface area (Å²) in [5.74, 6) is 0.856. The normalized spacial score (nSPS) is 10.6. The van der Waals surface area contributed by atoms with Crippen molar-refractivity contribution in [3.8, 4) is 11.5 Å². The third-order valence-electron chi connectivity index (χ3n) is 3.61. The average Bonchev–Trinajstić information content (AvgIpc) is 3.01. The van der Waals surface area contributed by atoms with Crippen LogP contribution in [-0.2, 0) is 13.2 Å². The fourth-order valence-electron chi connectivity index (χ4n) is 2.25. The molecule has 3 aromatic rings. The number of benzene rings is 1. The van der Waals surface area contributed by atoms with Crippen molar-refractivity contribution in [3.63, 3.8) is 0 Å². The van der Waals surface area contributed by atoms with Crippen LogP contribution in [0.2, 0.25) is 0 Å². The minimum absolute atomic E-state index is 0.162. The zero-order valence-corrected chi connectivity index (χ0v) is 13.2. The van der Waals surface area contributed by atoms with Crippen LogP contribution in [0.25, 0.3) is 11.5 Å². The number of aromatic nitrogens is 2. The summed E-state index contributed by atoms with van der Waals surface area (Å²) in [6.45, 7) is 2.01. The Balaban J connectivity index is 1.68. The third kappa shape index (κ3) is 3.49. The molecule has 2 N–H and O–H groups in total. The highest BCUT2D eigenvalue weighted by molar-refractivity contribution is 5.94. The van der Waals surface area contributed by atoms with Gasteiger partial charge >= 0.3 is 0 Å². The van der Waals surface area contributed by atoms with E-state index < -0.39 is 0 Å². The molecule has 0 unspecified atom stereocenters. The Kier molecular flexibility index (Phi) is 4.67. The number of aliphatic hydroxyl groups excluding tert-OH is 1. The molecule has 6 heteroatoms. The van der Waals surface area contributed by atoms with Crippen LogP contribution in [0.1, 0.15) is 27.4 Å². The molecule has 1 aromatic carbocycles. The molecule has 0 aliphatic rings. The highest BCUT2D eigenvalue weighted by Gasteiger charge is 2.11. The van der Waals surface area contributed by atoms with E-state index >= 15 is 0 Å². The van der Waals surface area contributed by atoms with Gasteiger partial charge in [0, 0.05) is 30.1 Å². The standard InChI is InChI=1S/C18H17N3O3/c1-12-16(11-22)21-18(24-12)15-6-4-14(5-7-15)17(23)20-10-13-3-2-8-19-9-13/h2-9,22H,10-11H2,1H3,(H,20,23). The fourth-order valence-corrected chi connectivity index (χ4v) is 2.25. The van der Waals surface area contributed by atoms with Gasteiger partial charge in [-0.15, -0.1) is 0 Å². The molecule has 0 radical (unpaired) electrons. The summed E-state index contributed by atoms with van der Waals surface area (Å²) in [5, 5.41) is 12.0. The van der Waals surface area contributed by atoms with E-state index in [2.05, 4.69) is 15.3 Å². The Hall–Kier alpha value is -2.99. The molecule has 0 aliphatic carbocycles. The Labute approximate surface area is 139 Å². The quantitative estimate of drug-likeness (QED) is 0.753. The van der Waals surface area contributed by atoms with Crippen LogP contribution >= 0.6 is 0 Å². The summed E-state index contributed by atoms with van der Waals surface area (Å²) in [6.07, 6.45) is 3.41. The first-order chi connectivity index (χ1) is 11.7. The molecule has 0 bridgehead atoms. The summed E-state index contributed by atoms with van der Waals surface area (Å²) in [5.41, 5.74) is 2.76. The number of aliphatic hydroxyl groups is 1. The van der Waals surface area contributed by atoms with Crippen molar-refractivity contribution < 1.29 is 14.3 Å². The van der Waals surface area contributed by atoms with Crippen molar-refractivity contribution in [2.75, 3.05) is 0 Å². The van der Waals surface area contributed by atoms with E-state index in [1.807, 2.05) is 12.1 Å². The zero-order valence-electron chi connectivity index (χ0n) is 13.2. The lowest BCUT2D eigenvalue weighted by molar-refractivity contribution is 0.0951. The summed E-state index contributed by atoms with van der Waals surface area (Å²) >= 11 is 0. The Morgan fingerprint density at radius 3 is 2.67 bits per heavy atom. The molecule has 0 fully saturated rings.